The van der Waals surface area contributed by atoms with Crippen molar-refractivity contribution in [2.45, 2.75) is 26.7 Å². The maximum atomic E-state index is 14.3. The fourth-order valence-electron chi connectivity index (χ4n) is 3.60. The number of methoxy groups -OCH3 is 1. The van der Waals surface area contributed by atoms with Crippen molar-refractivity contribution in [3.8, 4) is 0 Å². The van der Waals surface area contributed by atoms with Crippen LogP contribution in [0, 0.1) is 12.7 Å². The van der Waals surface area contributed by atoms with Gasteiger partial charge in [-0.1, -0.05) is 30.9 Å². The zero-order chi connectivity index (χ0) is 22.5. The van der Waals surface area contributed by atoms with E-state index in [-0.39, 0.29) is 11.3 Å². The summed E-state index contributed by atoms with van der Waals surface area (Å²) in [7, 11) is 1.54. The number of rotatable bonds is 5. The maximum Gasteiger partial charge on any atom is 0.221 e. The minimum absolute atomic E-state index is 0.0523. The van der Waals surface area contributed by atoms with Crippen LogP contribution in [0.4, 0.5) is 4.39 Å². The molecule has 0 amide bonds. The molecule has 31 heavy (non-hydrogen) atoms. The summed E-state index contributed by atoms with van der Waals surface area (Å²) in [4.78, 5) is 4.60. The Bertz CT molecular complexity index is 1140. The van der Waals surface area contributed by atoms with E-state index in [4.69, 9.17) is 4.74 Å². The predicted octanol–water partition coefficient (Wildman–Crippen LogP) is 6.74. The third kappa shape index (κ3) is 4.77. The molecule has 0 saturated heterocycles. The molecule has 1 aliphatic rings. The summed E-state index contributed by atoms with van der Waals surface area (Å²) in [5.41, 5.74) is 4.83. The molecule has 2 aromatic carbocycles. The standard InChI is InChI=1S/C26H26FNO3/c1-5-24(18-10-13-21(17(3)29)23(27)15-18)28-26(31-4)19-11-12-20(16(2)14-19)22-8-6-7-9-25(22)30/h5,7,9-15,29-30H,3,6,8H2,1-2,4H3. The first-order valence-corrected chi connectivity index (χ1v) is 10.0. The normalized spacial score (nSPS) is 14.7. The Morgan fingerprint density at radius 2 is 1.94 bits per heavy atom. The highest BCUT2D eigenvalue weighted by molar-refractivity contribution is 5.98. The van der Waals surface area contributed by atoms with Crippen LogP contribution in [0.1, 0.15) is 47.6 Å². The number of aliphatic hydroxyl groups is 2. The summed E-state index contributed by atoms with van der Waals surface area (Å²) in [5.74, 6) is -0.207. The van der Waals surface area contributed by atoms with Crippen LogP contribution in [-0.4, -0.2) is 23.2 Å². The van der Waals surface area contributed by atoms with E-state index in [1.54, 1.807) is 18.2 Å². The van der Waals surface area contributed by atoms with Gasteiger partial charge >= 0.3 is 0 Å². The fraction of sp³-hybridized carbons (Fsp3) is 0.192. The topological polar surface area (TPSA) is 62.1 Å². The molecule has 3 rings (SSSR count). The molecule has 0 bridgehead atoms. The minimum Gasteiger partial charge on any atom is -0.508 e. The summed E-state index contributed by atoms with van der Waals surface area (Å²) in [6, 6.07) is 10.3. The van der Waals surface area contributed by atoms with Gasteiger partial charge in [0.25, 0.3) is 0 Å². The predicted molar refractivity (Wildman–Crippen MR) is 124 cm³/mol. The molecule has 2 aromatic rings. The Kier molecular flexibility index (Phi) is 6.75. The van der Waals surface area contributed by atoms with Gasteiger partial charge in [-0.05, 0) is 68.2 Å². The maximum absolute atomic E-state index is 14.3. The molecule has 0 aromatic heterocycles. The van der Waals surface area contributed by atoms with Gasteiger partial charge in [0, 0.05) is 16.7 Å². The molecule has 0 spiro atoms. The first kappa shape index (κ1) is 22.1. The number of halogens is 1. The van der Waals surface area contributed by atoms with E-state index in [9.17, 15) is 14.6 Å². The van der Waals surface area contributed by atoms with E-state index in [0.29, 0.717) is 22.9 Å². The number of hydrogen-bond donors (Lipinski definition) is 2. The number of aryl methyl sites for hydroxylation is 1. The molecule has 0 unspecified atom stereocenters. The van der Waals surface area contributed by atoms with Crippen LogP contribution in [0.3, 0.4) is 0 Å². The molecule has 0 atom stereocenters. The van der Waals surface area contributed by atoms with Crippen molar-refractivity contribution in [1.29, 1.82) is 0 Å². The van der Waals surface area contributed by atoms with Crippen molar-refractivity contribution < 1.29 is 19.3 Å². The lowest BCUT2D eigenvalue weighted by Crippen LogP contribution is -2.06. The molecule has 0 saturated carbocycles. The Balaban J connectivity index is 1.97. The lowest BCUT2D eigenvalue weighted by Gasteiger charge is -2.16. The highest BCUT2D eigenvalue weighted by Gasteiger charge is 2.15. The van der Waals surface area contributed by atoms with E-state index in [2.05, 4.69) is 11.6 Å². The number of nitrogens with zero attached hydrogens (tertiary/aromatic N) is 1. The Morgan fingerprint density at radius 1 is 1.19 bits per heavy atom. The van der Waals surface area contributed by atoms with Gasteiger partial charge < -0.3 is 14.9 Å². The third-order valence-corrected chi connectivity index (χ3v) is 5.21. The lowest BCUT2D eigenvalue weighted by atomic mass is 9.92. The summed E-state index contributed by atoms with van der Waals surface area (Å²) < 4.78 is 19.8. The van der Waals surface area contributed by atoms with Crippen molar-refractivity contribution in [3.63, 3.8) is 0 Å². The molecule has 2 N–H and O–H groups in total. The average Bonchev–Trinajstić information content (AvgIpc) is 2.75. The highest BCUT2D eigenvalue weighted by Crippen LogP contribution is 2.30. The van der Waals surface area contributed by atoms with Gasteiger partial charge in [0.1, 0.15) is 17.3 Å². The van der Waals surface area contributed by atoms with Crippen molar-refractivity contribution in [2.75, 3.05) is 7.11 Å². The highest BCUT2D eigenvalue weighted by atomic mass is 19.1. The number of ether oxygens (including phenoxy) is 1. The molecular formula is C26H26FNO3. The van der Waals surface area contributed by atoms with Crippen LogP contribution in [-0.2, 0) is 4.74 Å². The smallest absolute Gasteiger partial charge is 0.221 e. The van der Waals surface area contributed by atoms with Gasteiger partial charge in [-0.15, -0.1) is 0 Å². The number of benzene rings is 2. The SMILES string of the molecule is C=C(O)c1ccc(C(=CC)N=C(OC)c2ccc(C3=C(O)C=CCC3)c(C)c2)cc1F. The zero-order valence-corrected chi connectivity index (χ0v) is 17.9. The summed E-state index contributed by atoms with van der Waals surface area (Å²) in [5, 5.41) is 19.7. The molecule has 160 valence electrons. The molecular weight excluding hydrogens is 393 g/mol. The second-order valence-electron chi connectivity index (χ2n) is 7.27. The third-order valence-electron chi connectivity index (χ3n) is 5.21. The van der Waals surface area contributed by atoms with Crippen LogP contribution < -0.4 is 0 Å². The monoisotopic (exact) mass is 419 g/mol. The molecule has 4 nitrogen and oxygen atoms in total. The van der Waals surface area contributed by atoms with Crippen LogP contribution >= 0.6 is 0 Å². The number of aliphatic imine (C=N–C) groups is 1. The quantitative estimate of drug-likeness (QED) is 0.321. The van der Waals surface area contributed by atoms with Crippen LogP contribution in [0.5, 0.6) is 0 Å². The van der Waals surface area contributed by atoms with Crippen molar-refractivity contribution in [2.24, 2.45) is 4.99 Å². The van der Waals surface area contributed by atoms with Crippen LogP contribution in [0.25, 0.3) is 17.0 Å². The molecule has 0 heterocycles. The molecule has 1 aliphatic carbocycles. The molecule has 0 aliphatic heterocycles. The van der Waals surface area contributed by atoms with Gasteiger partial charge in [-0.2, -0.15) is 0 Å². The summed E-state index contributed by atoms with van der Waals surface area (Å²) in [6.45, 7) is 7.16. The van der Waals surface area contributed by atoms with E-state index in [0.717, 1.165) is 35.1 Å². The van der Waals surface area contributed by atoms with Gasteiger partial charge in [0.2, 0.25) is 5.90 Å². The Morgan fingerprint density at radius 3 is 2.52 bits per heavy atom. The van der Waals surface area contributed by atoms with Gasteiger partial charge in [-0.25, -0.2) is 9.38 Å². The van der Waals surface area contributed by atoms with Crippen molar-refractivity contribution in [1.82, 2.24) is 0 Å². The second kappa shape index (κ2) is 9.47. The van der Waals surface area contributed by atoms with Gasteiger partial charge in [-0.3, -0.25) is 0 Å². The van der Waals surface area contributed by atoms with Crippen molar-refractivity contribution >= 4 is 22.9 Å². The number of allylic oxidation sites excluding steroid dienone is 4. The van der Waals surface area contributed by atoms with Crippen molar-refractivity contribution in [3.05, 3.63) is 101 Å². The first-order chi connectivity index (χ1) is 14.8. The lowest BCUT2D eigenvalue weighted by molar-refractivity contribution is 0.405. The number of hydrogen-bond acceptors (Lipinski definition) is 4. The first-order valence-electron chi connectivity index (χ1n) is 10.0. The Hall–Kier alpha value is -3.60. The molecule has 0 radical (unpaired) electrons. The largest absolute Gasteiger partial charge is 0.508 e. The van der Waals surface area contributed by atoms with Gasteiger partial charge in [0.05, 0.1) is 18.4 Å². The summed E-state index contributed by atoms with van der Waals surface area (Å²) >= 11 is 0. The van der Waals surface area contributed by atoms with E-state index in [1.807, 2.05) is 38.1 Å². The van der Waals surface area contributed by atoms with E-state index < -0.39 is 5.82 Å². The van der Waals surface area contributed by atoms with E-state index >= 15 is 0 Å². The zero-order valence-electron chi connectivity index (χ0n) is 17.9. The van der Waals surface area contributed by atoms with E-state index in [1.165, 1.54) is 19.2 Å². The molecule has 5 heteroatoms. The van der Waals surface area contributed by atoms with Gasteiger partial charge in [0.15, 0.2) is 0 Å². The fourth-order valence-corrected chi connectivity index (χ4v) is 3.60. The Labute approximate surface area is 182 Å². The summed E-state index contributed by atoms with van der Waals surface area (Å²) in [6.07, 6.45) is 7.15. The van der Waals surface area contributed by atoms with Crippen LogP contribution in [0.2, 0.25) is 0 Å². The average molecular weight is 419 g/mol. The second-order valence-corrected chi connectivity index (χ2v) is 7.27. The van der Waals surface area contributed by atoms with Crippen LogP contribution in [0.15, 0.2) is 72.0 Å². The number of aliphatic hydroxyl groups excluding tert-OH is 2. The minimum atomic E-state index is -0.576. The molecule has 0 fully saturated rings.